The van der Waals surface area contributed by atoms with E-state index in [2.05, 4.69) is 6.58 Å². The summed E-state index contributed by atoms with van der Waals surface area (Å²) >= 11 is 1.15. The van der Waals surface area contributed by atoms with Gasteiger partial charge in [0.15, 0.2) is 5.12 Å². The smallest absolute Gasteiger partial charge is 0.389 e. The molecule has 0 saturated heterocycles. The molecular weight excluding hydrogens is 449 g/mol. The number of halogens is 3. The van der Waals surface area contributed by atoms with E-state index in [9.17, 15) is 22.8 Å². The molecule has 0 aliphatic heterocycles. The number of hydrogen-bond acceptors (Lipinski definition) is 4. The highest BCUT2D eigenvalue weighted by molar-refractivity contribution is 8.13. The number of carbonyl (C=O) groups excluding carboxylic acids is 2. The Hall–Kier alpha value is -1.76. The van der Waals surface area contributed by atoms with Crippen LogP contribution in [0, 0.1) is 23.7 Å². The van der Waals surface area contributed by atoms with Crippen LogP contribution in [0.15, 0.2) is 41.8 Å². The highest BCUT2D eigenvalue weighted by Crippen LogP contribution is 2.44. The number of ether oxygens (including phenoxy) is 1. The summed E-state index contributed by atoms with van der Waals surface area (Å²) in [6, 6.07) is 7.04. The lowest BCUT2D eigenvalue weighted by molar-refractivity contribution is -0.136. The van der Waals surface area contributed by atoms with Crippen LogP contribution >= 0.6 is 11.8 Å². The predicted molar refractivity (Wildman–Crippen MR) is 124 cm³/mol. The van der Waals surface area contributed by atoms with Crippen LogP contribution in [0.4, 0.5) is 13.2 Å². The van der Waals surface area contributed by atoms with E-state index in [1.807, 2.05) is 6.07 Å². The van der Waals surface area contributed by atoms with Crippen molar-refractivity contribution in [3.63, 3.8) is 0 Å². The Morgan fingerprint density at radius 1 is 1.00 bits per heavy atom. The largest absolute Gasteiger partial charge is 0.422 e. The summed E-state index contributed by atoms with van der Waals surface area (Å²) in [7, 11) is 0. The quantitative estimate of drug-likeness (QED) is 0.164. The van der Waals surface area contributed by atoms with Crippen molar-refractivity contribution in [1.82, 2.24) is 0 Å². The molecule has 0 unspecified atom stereocenters. The SMILES string of the molecule is C=CC(=O)Oc1ccccc1SC(=O)C1CCC(C2CCC(CCCC(F)(F)F)CC2)CC1. The van der Waals surface area contributed by atoms with Crippen molar-refractivity contribution in [2.45, 2.75) is 81.7 Å². The average Bonchev–Trinajstić information content (AvgIpc) is 2.80. The molecule has 7 heteroatoms. The first-order valence-corrected chi connectivity index (χ1v) is 12.8. The van der Waals surface area contributed by atoms with Gasteiger partial charge in [-0.3, -0.25) is 4.79 Å². The standard InChI is InChI=1S/C26H33F3O3S/c1-2-24(30)32-22-7-3-4-8-23(22)33-25(31)21-15-13-20(14-16-21)19-11-9-18(10-12-19)6-5-17-26(27,28)29/h2-4,7-8,18-21H,1,5-6,9-17H2. The summed E-state index contributed by atoms with van der Waals surface area (Å²) in [4.78, 5) is 25.1. The van der Waals surface area contributed by atoms with Crippen LogP contribution in [-0.2, 0) is 9.59 Å². The number of alkyl halides is 3. The topological polar surface area (TPSA) is 43.4 Å². The first-order chi connectivity index (χ1) is 15.7. The van der Waals surface area contributed by atoms with E-state index in [0.29, 0.717) is 34.8 Å². The Labute approximate surface area is 198 Å². The van der Waals surface area contributed by atoms with Crippen LogP contribution in [0.5, 0.6) is 5.75 Å². The fraction of sp³-hybridized carbons (Fsp3) is 0.615. The zero-order valence-corrected chi connectivity index (χ0v) is 19.8. The van der Waals surface area contributed by atoms with Crippen molar-refractivity contribution in [2.75, 3.05) is 0 Å². The van der Waals surface area contributed by atoms with Crippen molar-refractivity contribution in [2.24, 2.45) is 23.7 Å². The van der Waals surface area contributed by atoms with Crippen molar-refractivity contribution in [3.8, 4) is 5.75 Å². The summed E-state index contributed by atoms with van der Waals surface area (Å²) in [5.74, 6) is 1.54. The molecule has 3 nitrogen and oxygen atoms in total. The third-order valence-corrected chi connectivity index (χ3v) is 8.26. The fourth-order valence-corrected chi connectivity index (χ4v) is 6.30. The van der Waals surface area contributed by atoms with Gasteiger partial charge in [0.2, 0.25) is 0 Å². The number of para-hydroxylation sites is 1. The van der Waals surface area contributed by atoms with E-state index >= 15 is 0 Å². The number of esters is 1. The first-order valence-electron chi connectivity index (χ1n) is 12.0. The van der Waals surface area contributed by atoms with Gasteiger partial charge in [0, 0.05) is 18.4 Å². The van der Waals surface area contributed by atoms with Gasteiger partial charge in [-0.25, -0.2) is 4.79 Å². The van der Waals surface area contributed by atoms with Crippen LogP contribution < -0.4 is 4.74 Å². The van der Waals surface area contributed by atoms with Gasteiger partial charge >= 0.3 is 12.1 Å². The molecule has 0 spiro atoms. The molecule has 3 rings (SSSR count). The molecule has 1 aromatic carbocycles. The van der Waals surface area contributed by atoms with Gasteiger partial charge in [-0.05, 0) is 86.6 Å². The third kappa shape index (κ3) is 8.20. The Morgan fingerprint density at radius 2 is 1.61 bits per heavy atom. The van der Waals surface area contributed by atoms with Gasteiger partial charge in [-0.2, -0.15) is 13.2 Å². The maximum absolute atomic E-state index is 12.9. The molecular formula is C26H33F3O3S. The van der Waals surface area contributed by atoms with Crippen molar-refractivity contribution in [1.29, 1.82) is 0 Å². The Balaban J connectivity index is 1.41. The molecule has 2 fully saturated rings. The lowest BCUT2D eigenvalue weighted by Gasteiger charge is -2.37. The van der Waals surface area contributed by atoms with E-state index in [1.54, 1.807) is 18.2 Å². The monoisotopic (exact) mass is 482 g/mol. The molecule has 0 radical (unpaired) electrons. The lowest BCUT2D eigenvalue weighted by Crippen LogP contribution is -2.27. The van der Waals surface area contributed by atoms with Crippen molar-refractivity contribution < 1.29 is 27.5 Å². The minimum absolute atomic E-state index is 0.00752. The molecule has 33 heavy (non-hydrogen) atoms. The number of benzene rings is 1. The van der Waals surface area contributed by atoms with Gasteiger partial charge in [0.1, 0.15) is 5.75 Å². The van der Waals surface area contributed by atoms with Gasteiger partial charge < -0.3 is 4.74 Å². The van der Waals surface area contributed by atoms with Gasteiger partial charge in [0.05, 0.1) is 4.90 Å². The normalized spacial score (nSPS) is 25.9. The predicted octanol–water partition coefficient (Wildman–Crippen LogP) is 7.74. The molecule has 1 aromatic rings. The Morgan fingerprint density at radius 3 is 2.21 bits per heavy atom. The number of carbonyl (C=O) groups is 2. The van der Waals surface area contributed by atoms with E-state index in [-0.39, 0.29) is 17.5 Å². The van der Waals surface area contributed by atoms with Gasteiger partial charge in [-0.1, -0.05) is 38.0 Å². The molecule has 2 aliphatic rings. The molecule has 2 aliphatic carbocycles. The van der Waals surface area contributed by atoms with Crippen LogP contribution in [0.1, 0.15) is 70.6 Å². The molecule has 0 atom stereocenters. The molecule has 0 aromatic heterocycles. The number of rotatable bonds is 8. The Bertz CT molecular complexity index is 807. The second-order valence-corrected chi connectivity index (χ2v) is 10.4. The maximum atomic E-state index is 12.9. The van der Waals surface area contributed by atoms with Crippen LogP contribution in [0.2, 0.25) is 0 Å². The lowest BCUT2D eigenvalue weighted by atomic mass is 9.69. The number of thioether (sulfide) groups is 1. The van der Waals surface area contributed by atoms with Gasteiger partial charge in [0.25, 0.3) is 0 Å². The van der Waals surface area contributed by atoms with Crippen LogP contribution in [0.25, 0.3) is 0 Å². The van der Waals surface area contributed by atoms with Crippen molar-refractivity contribution in [3.05, 3.63) is 36.9 Å². The molecule has 0 bridgehead atoms. The van der Waals surface area contributed by atoms with Crippen molar-refractivity contribution >= 4 is 22.8 Å². The second-order valence-electron chi connectivity index (χ2n) is 9.39. The Kier molecular flexibility index (Phi) is 9.47. The van der Waals surface area contributed by atoms with Crippen LogP contribution in [-0.4, -0.2) is 17.3 Å². The van der Waals surface area contributed by atoms with E-state index in [1.165, 1.54) is 0 Å². The summed E-state index contributed by atoms with van der Waals surface area (Å²) in [5.41, 5.74) is 0. The van der Waals surface area contributed by atoms with E-state index in [0.717, 1.165) is 69.2 Å². The number of hydrogen-bond donors (Lipinski definition) is 0. The highest BCUT2D eigenvalue weighted by atomic mass is 32.2. The van der Waals surface area contributed by atoms with E-state index < -0.39 is 18.6 Å². The maximum Gasteiger partial charge on any atom is 0.389 e. The summed E-state index contributed by atoms with van der Waals surface area (Å²) in [5, 5.41) is 0.115. The van der Waals surface area contributed by atoms with E-state index in [4.69, 9.17) is 4.74 Å². The summed E-state index contributed by atoms with van der Waals surface area (Å²) in [6.45, 7) is 3.40. The zero-order chi connectivity index (χ0) is 23.8. The molecule has 0 amide bonds. The zero-order valence-electron chi connectivity index (χ0n) is 18.9. The second kappa shape index (κ2) is 12.1. The molecule has 182 valence electrons. The third-order valence-electron chi connectivity index (χ3n) is 7.17. The summed E-state index contributed by atoms with van der Waals surface area (Å²) < 4.78 is 42.3. The molecule has 0 heterocycles. The van der Waals surface area contributed by atoms with Gasteiger partial charge in [-0.15, -0.1) is 0 Å². The molecule has 0 N–H and O–H groups in total. The van der Waals surface area contributed by atoms with Crippen LogP contribution in [0.3, 0.4) is 0 Å². The fourth-order valence-electron chi connectivity index (χ4n) is 5.33. The highest BCUT2D eigenvalue weighted by Gasteiger charge is 2.34. The minimum Gasteiger partial charge on any atom is -0.422 e. The minimum atomic E-state index is -4.04. The molecule has 2 saturated carbocycles. The average molecular weight is 483 g/mol. The summed E-state index contributed by atoms with van der Waals surface area (Å²) in [6.07, 6.45) is 5.44. The first kappa shape index (κ1) is 25.9.